The number of ether oxygens (including phenoxy) is 1. The number of hydrogen-bond donors (Lipinski definition) is 1. The van der Waals surface area contributed by atoms with Gasteiger partial charge in [0.2, 0.25) is 0 Å². The van der Waals surface area contributed by atoms with Crippen molar-refractivity contribution < 1.29 is 9.53 Å². The van der Waals surface area contributed by atoms with Crippen LogP contribution in [0.25, 0.3) is 0 Å². The molecule has 0 saturated heterocycles. The number of hydrogen-bond acceptors (Lipinski definition) is 4. The van der Waals surface area contributed by atoms with Gasteiger partial charge >= 0.3 is 6.03 Å². The van der Waals surface area contributed by atoms with E-state index in [1.54, 1.807) is 13.2 Å². The number of nitrogens with zero attached hydrogens (tertiary/aromatic N) is 2. The summed E-state index contributed by atoms with van der Waals surface area (Å²) < 4.78 is 5.56. The van der Waals surface area contributed by atoms with Crippen LogP contribution < -0.4 is 5.32 Å². The number of methoxy groups -OCH3 is 1. The zero-order chi connectivity index (χ0) is 15.7. The fourth-order valence-corrected chi connectivity index (χ4v) is 4.55. The van der Waals surface area contributed by atoms with Crippen molar-refractivity contribution in [2.45, 2.75) is 44.4 Å². The predicted octanol–water partition coefficient (Wildman–Crippen LogP) is 2.72. The fourth-order valence-electron chi connectivity index (χ4n) is 3.80. The number of amides is 2. The second kappa shape index (κ2) is 5.90. The van der Waals surface area contributed by atoms with Crippen LogP contribution in [0.15, 0.2) is 12.1 Å². The Kier molecular flexibility index (Phi) is 4.11. The lowest BCUT2D eigenvalue weighted by atomic mass is 9.50. The topological polar surface area (TPSA) is 65.4 Å². The summed E-state index contributed by atoms with van der Waals surface area (Å²) in [6, 6.07) is 6.03. The van der Waals surface area contributed by atoms with Crippen LogP contribution >= 0.6 is 11.3 Å². The van der Waals surface area contributed by atoms with E-state index in [2.05, 4.69) is 11.4 Å². The minimum Gasteiger partial charge on any atom is -0.381 e. The summed E-state index contributed by atoms with van der Waals surface area (Å²) in [6.45, 7) is 0.475. The van der Waals surface area contributed by atoms with Crippen molar-refractivity contribution in [3.05, 3.63) is 21.9 Å². The van der Waals surface area contributed by atoms with Gasteiger partial charge in [-0.15, -0.1) is 11.3 Å². The van der Waals surface area contributed by atoms with Gasteiger partial charge in [-0.25, -0.2) is 4.79 Å². The molecule has 6 heteroatoms. The van der Waals surface area contributed by atoms with Crippen molar-refractivity contribution in [2.75, 3.05) is 14.2 Å². The molecule has 5 nitrogen and oxygen atoms in total. The predicted molar refractivity (Wildman–Crippen MR) is 84.5 cm³/mol. The van der Waals surface area contributed by atoms with Crippen LogP contribution in [0.1, 0.15) is 35.4 Å². The minimum absolute atomic E-state index is 0.0438. The van der Waals surface area contributed by atoms with Gasteiger partial charge in [-0.1, -0.05) is 6.42 Å². The first kappa shape index (κ1) is 15.3. The molecule has 1 aromatic rings. The van der Waals surface area contributed by atoms with Gasteiger partial charge < -0.3 is 15.0 Å². The maximum absolute atomic E-state index is 12.4. The molecular weight excluding hydrogens is 298 g/mol. The SMILES string of the molecule is CO[C@@H]1C[C@H](N(C)C(=O)NCc2ccc(C#N)s2)C12CCC2. The third kappa shape index (κ3) is 2.38. The molecule has 22 heavy (non-hydrogen) atoms. The molecule has 2 saturated carbocycles. The molecule has 2 fully saturated rings. The second-order valence-corrected chi connectivity index (χ2v) is 7.38. The number of nitrogens with one attached hydrogen (secondary N) is 1. The summed E-state index contributed by atoms with van der Waals surface area (Å²) in [4.78, 5) is 15.9. The number of carbonyl (C=O) groups excluding carboxylic acids is 1. The average molecular weight is 319 g/mol. The molecule has 2 aliphatic rings. The van der Waals surface area contributed by atoms with Crippen molar-refractivity contribution in [1.82, 2.24) is 10.2 Å². The normalized spacial score (nSPS) is 25.0. The van der Waals surface area contributed by atoms with Gasteiger partial charge in [0.05, 0.1) is 12.6 Å². The van der Waals surface area contributed by atoms with E-state index in [9.17, 15) is 4.79 Å². The summed E-state index contributed by atoms with van der Waals surface area (Å²) in [6.07, 6.45) is 4.78. The Morgan fingerprint density at radius 3 is 2.91 bits per heavy atom. The number of carbonyl (C=O) groups is 1. The van der Waals surface area contributed by atoms with Crippen LogP contribution in [-0.2, 0) is 11.3 Å². The zero-order valence-corrected chi connectivity index (χ0v) is 13.8. The summed E-state index contributed by atoms with van der Waals surface area (Å²) in [5.41, 5.74) is 0.192. The van der Waals surface area contributed by atoms with Gasteiger partial charge in [-0.05, 0) is 31.4 Å². The Morgan fingerprint density at radius 2 is 2.36 bits per heavy atom. The lowest BCUT2D eigenvalue weighted by Crippen LogP contribution is -2.68. The second-order valence-electron chi connectivity index (χ2n) is 6.21. The van der Waals surface area contributed by atoms with Crippen molar-refractivity contribution >= 4 is 17.4 Å². The van der Waals surface area contributed by atoms with E-state index in [-0.39, 0.29) is 17.5 Å². The molecule has 118 valence electrons. The Labute approximate surface area is 134 Å². The quantitative estimate of drug-likeness (QED) is 0.928. The molecule has 0 aromatic carbocycles. The van der Waals surface area contributed by atoms with Crippen LogP contribution in [-0.4, -0.2) is 37.2 Å². The molecule has 2 amide bonds. The van der Waals surface area contributed by atoms with E-state index < -0.39 is 0 Å². The lowest BCUT2D eigenvalue weighted by molar-refractivity contribution is -0.182. The third-order valence-electron chi connectivity index (χ3n) is 5.28. The molecule has 3 rings (SSSR count). The largest absolute Gasteiger partial charge is 0.381 e. The van der Waals surface area contributed by atoms with Crippen molar-refractivity contribution in [3.8, 4) is 6.07 Å². The lowest BCUT2D eigenvalue weighted by Gasteiger charge is -2.62. The number of rotatable bonds is 4. The average Bonchev–Trinajstić information content (AvgIpc) is 2.90. The Bertz CT molecular complexity index is 603. The molecule has 2 atom stereocenters. The molecule has 1 heterocycles. The monoisotopic (exact) mass is 319 g/mol. The first-order valence-corrected chi connectivity index (χ1v) is 8.44. The van der Waals surface area contributed by atoms with Crippen LogP contribution in [0.2, 0.25) is 0 Å². The summed E-state index contributed by atoms with van der Waals surface area (Å²) in [5, 5.41) is 11.8. The van der Waals surface area contributed by atoms with Crippen LogP contribution in [0, 0.1) is 16.7 Å². The van der Waals surface area contributed by atoms with Crippen molar-refractivity contribution in [3.63, 3.8) is 0 Å². The molecule has 0 aliphatic heterocycles. The molecule has 2 aliphatic carbocycles. The molecule has 0 radical (unpaired) electrons. The zero-order valence-electron chi connectivity index (χ0n) is 13.0. The summed E-state index contributed by atoms with van der Waals surface area (Å²) in [5.74, 6) is 0. The fraction of sp³-hybridized carbons (Fsp3) is 0.625. The van der Waals surface area contributed by atoms with Crippen LogP contribution in [0.5, 0.6) is 0 Å². The highest BCUT2D eigenvalue weighted by atomic mass is 32.1. The van der Waals surface area contributed by atoms with E-state index >= 15 is 0 Å². The van der Waals surface area contributed by atoms with Crippen LogP contribution in [0.4, 0.5) is 4.79 Å². The van der Waals surface area contributed by atoms with E-state index in [4.69, 9.17) is 10.00 Å². The van der Waals surface area contributed by atoms with E-state index in [1.807, 2.05) is 18.0 Å². The Balaban J connectivity index is 1.55. The van der Waals surface area contributed by atoms with Gasteiger partial charge in [0.15, 0.2) is 0 Å². The van der Waals surface area contributed by atoms with Gasteiger partial charge in [-0.3, -0.25) is 0 Å². The Hall–Kier alpha value is -1.58. The number of thiophene rings is 1. The van der Waals surface area contributed by atoms with Gasteiger partial charge in [0, 0.05) is 30.5 Å². The van der Waals surface area contributed by atoms with Gasteiger partial charge in [0.1, 0.15) is 10.9 Å². The number of urea groups is 1. The van der Waals surface area contributed by atoms with Crippen molar-refractivity contribution in [2.24, 2.45) is 5.41 Å². The molecule has 1 aromatic heterocycles. The maximum atomic E-state index is 12.4. The smallest absolute Gasteiger partial charge is 0.317 e. The molecule has 1 N–H and O–H groups in total. The first-order chi connectivity index (χ1) is 10.6. The third-order valence-corrected chi connectivity index (χ3v) is 6.27. The van der Waals surface area contributed by atoms with Crippen molar-refractivity contribution in [1.29, 1.82) is 5.26 Å². The van der Waals surface area contributed by atoms with Gasteiger partial charge in [-0.2, -0.15) is 5.26 Å². The van der Waals surface area contributed by atoms with Gasteiger partial charge in [0.25, 0.3) is 0 Å². The highest BCUT2D eigenvalue weighted by Gasteiger charge is 2.60. The van der Waals surface area contributed by atoms with E-state index in [0.29, 0.717) is 17.5 Å². The molecule has 0 bridgehead atoms. The summed E-state index contributed by atoms with van der Waals surface area (Å²) in [7, 11) is 3.64. The molecular formula is C16H21N3O2S. The van der Waals surface area contributed by atoms with E-state index in [1.165, 1.54) is 17.8 Å². The first-order valence-electron chi connectivity index (χ1n) is 7.63. The maximum Gasteiger partial charge on any atom is 0.317 e. The number of nitriles is 1. The molecule has 1 spiro atoms. The minimum atomic E-state index is -0.0438. The Morgan fingerprint density at radius 1 is 1.59 bits per heavy atom. The highest BCUT2D eigenvalue weighted by Crippen LogP contribution is 2.58. The standard InChI is InChI=1S/C16H21N3O2S/c1-19(13-8-14(21-2)16(13)6-3-7-16)15(20)18-10-12-5-4-11(9-17)22-12/h4-5,13-14H,3,6-8,10H2,1-2H3,(H,18,20)/t13-,14+/m0/s1. The molecule has 0 unspecified atom stereocenters. The highest BCUT2D eigenvalue weighted by molar-refractivity contribution is 7.12. The van der Waals surface area contributed by atoms with Crippen LogP contribution in [0.3, 0.4) is 0 Å². The summed E-state index contributed by atoms with van der Waals surface area (Å²) >= 11 is 1.42. The van der Waals surface area contributed by atoms with E-state index in [0.717, 1.165) is 24.1 Å².